The van der Waals surface area contributed by atoms with Crippen molar-refractivity contribution >= 4 is 0 Å². The molecule has 0 saturated heterocycles. The molecule has 1 aromatic rings. The van der Waals surface area contributed by atoms with Gasteiger partial charge in [0.05, 0.1) is 6.20 Å². The molecule has 0 spiro atoms. The SMILES string of the molecule is Cc1[nH]ncc1C(C)NC(CCO)C(C)C. The van der Waals surface area contributed by atoms with Crippen LogP contribution >= 0.6 is 0 Å². The van der Waals surface area contributed by atoms with Gasteiger partial charge in [0.1, 0.15) is 0 Å². The Balaban J connectivity index is 2.61. The summed E-state index contributed by atoms with van der Waals surface area (Å²) in [6, 6.07) is 0.604. The summed E-state index contributed by atoms with van der Waals surface area (Å²) >= 11 is 0. The zero-order valence-electron chi connectivity index (χ0n) is 10.6. The topological polar surface area (TPSA) is 60.9 Å². The van der Waals surface area contributed by atoms with E-state index in [2.05, 4.69) is 36.3 Å². The van der Waals surface area contributed by atoms with Gasteiger partial charge in [-0.25, -0.2) is 0 Å². The van der Waals surface area contributed by atoms with E-state index in [4.69, 9.17) is 5.11 Å². The largest absolute Gasteiger partial charge is 0.396 e. The molecule has 4 heteroatoms. The highest BCUT2D eigenvalue weighted by atomic mass is 16.3. The molecule has 3 N–H and O–H groups in total. The summed E-state index contributed by atoms with van der Waals surface area (Å²) in [5.41, 5.74) is 2.30. The molecule has 0 amide bonds. The lowest BCUT2D eigenvalue weighted by Gasteiger charge is -2.25. The molecule has 0 aliphatic rings. The minimum atomic E-state index is 0.229. The number of hydrogen-bond acceptors (Lipinski definition) is 3. The van der Waals surface area contributed by atoms with Crippen molar-refractivity contribution in [3.8, 4) is 0 Å². The second kappa shape index (κ2) is 6.01. The third kappa shape index (κ3) is 3.32. The van der Waals surface area contributed by atoms with Gasteiger partial charge in [-0.3, -0.25) is 5.10 Å². The van der Waals surface area contributed by atoms with Gasteiger partial charge in [-0.1, -0.05) is 13.8 Å². The molecule has 0 aliphatic heterocycles. The Morgan fingerprint density at radius 3 is 2.56 bits per heavy atom. The monoisotopic (exact) mass is 225 g/mol. The average molecular weight is 225 g/mol. The Labute approximate surface area is 97.5 Å². The lowest BCUT2D eigenvalue weighted by molar-refractivity contribution is 0.237. The van der Waals surface area contributed by atoms with Crippen LogP contribution < -0.4 is 5.32 Å². The van der Waals surface area contributed by atoms with Crippen molar-refractivity contribution in [1.29, 1.82) is 0 Å². The maximum atomic E-state index is 9.03. The molecule has 16 heavy (non-hydrogen) atoms. The summed E-state index contributed by atoms with van der Waals surface area (Å²) < 4.78 is 0. The standard InChI is InChI=1S/C12H23N3O/c1-8(2)12(5-6-16)14-9(3)11-7-13-15-10(11)4/h7-9,12,14,16H,5-6H2,1-4H3,(H,13,15). The Morgan fingerprint density at radius 2 is 2.12 bits per heavy atom. The second-order valence-electron chi connectivity index (χ2n) is 4.70. The van der Waals surface area contributed by atoms with Crippen LogP contribution in [0, 0.1) is 12.8 Å². The molecular weight excluding hydrogens is 202 g/mol. The third-order valence-electron chi connectivity index (χ3n) is 3.04. The number of nitrogens with zero attached hydrogens (tertiary/aromatic N) is 1. The molecule has 4 nitrogen and oxygen atoms in total. The van der Waals surface area contributed by atoms with Crippen molar-refractivity contribution in [2.24, 2.45) is 5.92 Å². The van der Waals surface area contributed by atoms with Crippen LogP contribution in [-0.2, 0) is 0 Å². The molecule has 92 valence electrons. The van der Waals surface area contributed by atoms with E-state index in [0.717, 1.165) is 12.1 Å². The van der Waals surface area contributed by atoms with Gasteiger partial charge in [-0.2, -0.15) is 5.10 Å². The van der Waals surface area contributed by atoms with E-state index in [1.807, 2.05) is 13.1 Å². The van der Waals surface area contributed by atoms with Crippen LogP contribution in [0.3, 0.4) is 0 Å². The highest BCUT2D eigenvalue weighted by Crippen LogP contribution is 2.17. The summed E-state index contributed by atoms with van der Waals surface area (Å²) in [5.74, 6) is 0.516. The minimum absolute atomic E-state index is 0.229. The molecular formula is C12H23N3O. The lowest BCUT2D eigenvalue weighted by Crippen LogP contribution is -2.36. The number of aliphatic hydroxyl groups is 1. The first-order chi connectivity index (χ1) is 7.56. The van der Waals surface area contributed by atoms with E-state index in [1.165, 1.54) is 5.56 Å². The van der Waals surface area contributed by atoms with Crippen molar-refractivity contribution in [2.75, 3.05) is 6.61 Å². The number of hydrogen-bond donors (Lipinski definition) is 3. The zero-order chi connectivity index (χ0) is 12.1. The van der Waals surface area contributed by atoms with Crippen LogP contribution in [0.2, 0.25) is 0 Å². The van der Waals surface area contributed by atoms with Crippen LogP contribution in [0.5, 0.6) is 0 Å². The first-order valence-electron chi connectivity index (χ1n) is 5.93. The van der Waals surface area contributed by atoms with Gasteiger partial charge in [0.2, 0.25) is 0 Å². The number of aromatic nitrogens is 2. The molecule has 0 aromatic carbocycles. The van der Waals surface area contributed by atoms with Crippen molar-refractivity contribution in [2.45, 2.75) is 46.2 Å². The van der Waals surface area contributed by atoms with Crippen LogP contribution in [0.4, 0.5) is 0 Å². The molecule has 0 fully saturated rings. The van der Waals surface area contributed by atoms with Gasteiger partial charge in [-0.15, -0.1) is 0 Å². The van der Waals surface area contributed by atoms with Crippen molar-refractivity contribution < 1.29 is 5.11 Å². The van der Waals surface area contributed by atoms with E-state index in [1.54, 1.807) is 0 Å². The van der Waals surface area contributed by atoms with Gasteiger partial charge in [0.25, 0.3) is 0 Å². The fourth-order valence-corrected chi connectivity index (χ4v) is 1.96. The van der Waals surface area contributed by atoms with Gasteiger partial charge in [0.15, 0.2) is 0 Å². The Bertz CT molecular complexity index is 309. The van der Waals surface area contributed by atoms with E-state index in [-0.39, 0.29) is 12.6 Å². The maximum Gasteiger partial charge on any atom is 0.0537 e. The van der Waals surface area contributed by atoms with Gasteiger partial charge >= 0.3 is 0 Å². The van der Waals surface area contributed by atoms with Crippen LogP contribution in [0.1, 0.15) is 44.5 Å². The summed E-state index contributed by atoms with van der Waals surface area (Å²) in [4.78, 5) is 0. The molecule has 0 bridgehead atoms. The first-order valence-corrected chi connectivity index (χ1v) is 5.93. The lowest BCUT2D eigenvalue weighted by atomic mass is 9.99. The predicted molar refractivity (Wildman–Crippen MR) is 65.2 cm³/mol. The van der Waals surface area contributed by atoms with Crippen molar-refractivity contribution in [3.63, 3.8) is 0 Å². The van der Waals surface area contributed by atoms with E-state index < -0.39 is 0 Å². The van der Waals surface area contributed by atoms with E-state index >= 15 is 0 Å². The Morgan fingerprint density at radius 1 is 1.44 bits per heavy atom. The number of rotatable bonds is 6. The van der Waals surface area contributed by atoms with Gasteiger partial charge in [0, 0.05) is 29.9 Å². The molecule has 2 atom stereocenters. The third-order valence-corrected chi connectivity index (χ3v) is 3.04. The van der Waals surface area contributed by atoms with Crippen LogP contribution in [0.15, 0.2) is 6.20 Å². The first kappa shape index (κ1) is 13.2. The van der Waals surface area contributed by atoms with E-state index in [0.29, 0.717) is 12.0 Å². The number of H-pyrrole nitrogens is 1. The summed E-state index contributed by atoms with van der Waals surface area (Å²) in [5, 5.41) is 19.5. The minimum Gasteiger partial charge on any atom is -0.396 e. The maximum absolute atomic E-state index is 9.03. The molecule has 2 unspecified atom stereocenters. The number of aliphatic hydroxyl groups excluding tert-OH is 1. The Kier molecular flexibility index (Phi) is 4.96. The Hall–Kier alpha value is -0.870. The van der Waals surface area contributed by atoms with Gasteiger partial charge < -0.3 is 10.4 Å². The molecule has 0 aliphatic carbocycles. The second-order valence-corrected chi connectivity index (χ2v) is 4.70. The summed E-state index contributed by atoms with van der Waals surface area (Å²) in [7, 11) is 0. The predicted octanol–water partition coefficient (Wildman–Crippen LogP) is 1.78. The molecule has 1 heterocycles. The van der Waals surface area contributed by atoms with Gasteiger partial charge in [-0.05, 0) is 26.2 Å². The molecule has 1 aromatic heterocycles. The summed E-state index contributed by atoms with van der Waals surface area (Å²) in [6.45, 7) is 8.72. The van der Waals surface area contributed by atoms with Crippen LogP contribution in [-0.4, -0.2) is 28.0 Å². The molecule has 0 saturated carbocycles. The highest BCUT2D eigenvalue weighted by molar-refractivity contribution is 5.18. The van der Waals surface area contributed by atoms with Crippen LogP contribution in [0.25, 0.3) is 0 Å². The fourth-order valence-electron chi connectivity index (χ4n) is 1.96. The number of nitrogens with one attached hydrogen (secondary N) is 2. The van der Waals surface area contributed by atoms with Crippen molar-refractivity contribution in [3.05, 3.63) is 17.5 Å². The molecule has 1 rings (SSSR count). The smallest absolute Gasteiger partial charge is 0.0537 e. The molecule has 0 radical (unpaired) electrons. The quantitative estimate of drug-likeness (QED) is 0.691. The van der Waals surface area contributed by atoms with E-state index in [9.17, 15) is 0 Å². The summed E-state index contributed by atoms with van der Waals surface area (Å²) in [6.07, 6.45) is 2.65. The van der Waals surface area contributed by atoms with Crippen molar-refractivity contribution in [1.82, 2.24) is 15.5 Å². The number of aromatic amines is 1. The highest BCUT2D eigenvalue weighted by Gasteiger charge is 2.17. The average Bonchev–Trinajstić information content (AvgIpc) is 2.63. The normalized spacial score (nSPS) is 15.4. The zero-order valence-corrected chi connectivity index (χ0v) is 10.6. The number of aryl methyl sites for hydroxylation is 1. The fraction of sp³-hybridized carbons (Fsp3) is 0.750.